The fourth-order valence-electron chi connectivity index (χ4n) is 3.57. The van der Waals surface area contributed by atoms with Crippen molar-refractivity contribution in [3.05, 3.63) is 65.2 Å². The van der Waals surface area contributed by atoms with Crippen molar-refractivity contribution in [3.8, 4) is 0 Å². The zero-order valence-corrected chi connectivity index (χ0v) is 17.5. The van der Waals surface area contributed by atoms with Crippen molar-refractivity contribution in [1.29, 1.82) is 0 Å². The van der Waals surface area contributed by atoms with Gasteiger partial charge in [0.2, 0.25) is 5.91 Å². The van der Waals surface area contributed by atoms with Gasteiger partial charge in [-0.05, 0) is 31.5 Å². The van der Waals surface area contributed by atoms with Gasteiger partial charge in [0.25, 0.3) is 0 Å². The first-order valence-electron chi connectivity index (χ1n) is 9.80. The van der Waals surface area contributed by atoms with Crippen molar-refractivity contribution in [2.24, 2.45) is 0 Å². The number of benzene rings is 2. The predicted octanol–water partition coefficient (Wildman–Crippen LogP) is 1.39. The largest absolute Gasteiger partial charge is 0.331 e. The van der Waals surface area contributed by atoms with Crippen LogP contribution in [0.2, 0.25) is 0 Å². The van der Waals surface area contributed by atoms with Gasteiger partial charge in [0.1, 0.15) is 6.54 Å². The number of nitrogens with zero attached hydrogens (tertiary/aromatic N) is 1. The Morgan fingerprint density at radius 3 is 2.29 bits per heavy atom. The molecule has 0 unspecified atom stereocenters. The first kappa shape index (κ1) is 20.6. The molecule has 1 saturated heterocycles. The summed E-state index contributed by atoms with van der Waals surface area (Å²) in [7, 11) is -3.42. The summed E-state index contributed by atoms with van der Waals surface area (Å²) in [6.07, 6.45) is 0.0450. The molecule has 1 N–H and O–H groups in total. The van der Waals surface area contributed by atoms with E-state index in [2.05, 4.69) is 31.2 Å². The summed E-state index contributed by atoms with van der Waals surface area (Å²) in [5.41, 5.74) is 3.66. The van der Waals surface area contributed by atoms with E-state index in [0.717, 1.165) is 25.2 Å². The maximum atomic E-state index is 12.5. The summed E-state index contributed by atoms with van der Waals surface area (Å²) in [5.74, 6) is -0.198. The molecule has 1 aliphatic rings. The zero-order chi connectivity index (χ0) is 20.1. The van der Waals surface area contributed by atoms with E-state index >= 15 is 0 Å². The second-order valence-electron chi connectivity index (χ2n) is 7.62. The lowest BCUT2D eigenvalue weighted by atomic mass is 10.1. The molecule has 1 aliphatic heterocycles. The molecule has 1 heterocycles. The van der Waals surface area contributed by atoms with Crippen molar-refractivity contribution in [2.75, 3.05) is 31.9 Å². The van der Waals surface area contributed by atoms with Crippen molar-refractivity contribution in [2.45, 2.75) is 31.7 Å². The highest BCUT2D eigenvalue weighted by Gasteiger charge is 2.25. The van der Waals surface area contributed by atoms with Gasteiger partial charge in [-0.3, -0.25) is 4.79 Å². The SMILES string of the molecule is Cc1ccc(S(=O)(=O)CCC(=O)N2CC[NH+](Cc3ccccc3C)CC2)cc1. The van der Waals surface area contributed by atoms with Crippen LogP contribution in [-0.2, 0) is 21.2 Å². The van der Waals surface area contributed by atoms with Crippen molar-refractivity contribution >= 4 is 15.7 Å². The second kappa shape index (κ2) is 8.88. The molecule has 2 aromatic rings. The van der Waals surface area contributed by atoms with Crippen LogP contribution in [0.4, 0.5) is 0 Å². The fraction of sp³-hybridized carbons (Fsp3) is 0.409. The number of nitrogens with one attached hydrogen (secondary N) is 1. The molecule has 0 atom stereocenters. The summed E-state index contributed by atoms with van der Waals surface area (Å²) in [5, 5.41) is 0. The quantitative estimate of drug-likeness (QED) is 0.796. The van der Waals surface area contributed by atoms with Gasteiger partial charge in [0.15, 0.2) is 9.84 Å². The molecule has 0 bridgehead atoms. The summed E-state index contributed by atoms with van der Waals surface area (Å²) in [6.45, 7) is 8.17. The molecule has 0 spiro atoms. The summed E-state index contributed by atoms with van der Waals surface area (Å²) >= 11 is 0. The third-order valence-corrected chi connectivity index (χ3v) is 7.22. The Morgan fingerprint density at radius 1 is 1.00 bits per heavy atom. The molecule has 1 amide bonds. The van der Waals surface area contributed by atoms with Crippen LogP contribution >= 0.6 is 0 Å². The molecule has 3 rings (SSSR count). The van der Waals surface area contributed by atoms with Gasteiger partial charge in [-0.15, -0.1) is 0 Å². The second-order valence-corrected chi connectivity index (χ2v) is 9.73. The first-order chi connectivity index (χ1) is 13.3. The Hall–Kier alpha value is -2.18. The molecule has 28 heavy (non-hydrogen) atoms. The molecule has 0 aliphatic carbocycles. The van der Waals surface area contributed by atoms with Gasteiger partial charge in [-0.2, -0.15) is 0 Å². The van der Waals surface area contributed by atoms with Crippen LogP contribution in [0.25, 0.3) is 0 Å². The highest BCUT2D eigenvalue weighted by Crippen LogP contribution is 2.13. The highest BCUT2D eigenvalue weighted by molar-refractivity contribution is 7.91. The van der Waals surface area contributed by atoms with Crippen LogP contribution in [0.15, 0.2) is 53.4 Å². The van der Waals surface area contributed by atoms with E-state index in [1.54, 1.807) is 24.3 Å². The number of carbonyl (C=O) groups excluding carboxylic acids is 1. The first-order valence-corrected chi connectivity index (χ1v) is 11.5. The fourth-order valence-corrected chi connectivity index (χ4v) is 4.80. The molecular weight excluding hydrogens is 372 g/mol. The number of carbonyl (C=O) groups is 1. The minimum Gasteiger partial charge on any atom is -0.331 e. The lowest BCUT2D eigenvalue weighted by Crippen LogP contribution is -3.13. The standard InChI is InChI=1S/C22H28N2O3S/c1-18-7-9-21(10-8-18)28(26,27)16-11-22(25)24-14-12-23(13-15-24)17-20-6-4-3-5-19(20)2/h3-10H,11-17H2,1-2H3/p+1. The number of quaternary nitrogens is 1. The number of amides is 1. The molecule has 0 saturated carbocycles. The molecule has 2 aromatic carbocycles. The van der Waals surface area contributed by atoms with Gasteiger partial charge in [-0.1, -0.05) is 42.0 Å². The van der Waals surface area contributed by atoms with Crippen LogP contribution in [0.3, 0.4) is 0 Å². The minimum absolute atomic E-state index is 0.0450. The topological polar surface area (TPSA) is 58.9 Å². The van der Waals surface area contributed by atoms with Gasteiger partial charge < -0.3 is 9.80 Å². The zero-order valence-electron chi connectivity index (χ0n) is 16.6. The molecule has 1 fully saturated rings. The lowest BCUT2D eigenvalue weighted by Gasteiger charge is -2.32. The summed E-state index contributed by atoms with van der Waals surface area (Å²) < 4.78 is 24.9. The number of hydrogen-bond acceptors (Lipinski definition) is 3. The number of aryl methyl sites for hydroxylation is 2. The maximum Gasteiger partial charge on any atom is 0.224 e. The van der Waals surface area contributed by atoms with Crippen LogP contribution in [0.1, 0.15) is 23.1 Å². The van der Waals surface area contributed by atoms with Gasteiger partial charge >= 0.3 is 0 Å². The lowest BCUT2D eigenvalue weighted by molar-refractivity contribution is -0.917. The van der Waals surface area contributed by atoms with Crippen LogP contribution in [0, 0.1) is 13.8 Å². The Balaban J connectivity index is 1.48. The highest BCUT2D eigenvalue weighted by atomic mass is 32.2. The van der Waals surface area contributed by atoms with Crippen LogP contribution < -0.4 is 4.90 Å². The van der Waals surface area contributed by atoms with Gasteiger partial charge in [-0.25, -0.2) is 8.42 Å². The van der Waals surface area contributed by atoms with E-state index in [0.29, 0.717) is 18.0 Å². The Bertz CT molecular complexity index is 915. The number of hydrogen-bond donors (Lipinski definition) is 1. The summed E-state index contributed by atoms with van der Waals surface area (Å²) in [6, 6.07) is 15.2. The Morgan fingerprint density at radius 2 is 1.64 bits per heavy atom. The molecule has 150 valence electrons. The molecule has 0 aromatic heterocycles. The van der Waals surface area contributed by atoms with E-state index in [4.69, 9.17) is 0 Å². The maximum absolute atomic E-state index is 12.5. The van der Waals surface area contributed by atoms with E-state index < -0.39 is 9.84 Å². The van der Waals surface area contributed by atoms with Crippen molar-refractivity contribution < 1.29 is 18.1 Å². The van der Waals surface area contributed by atoms with E-state index in [1.807, 2.05) is 11.8 Å². The smallest absolute Gasteiger partial charge is 0.224 e. The Kier molecular flexibility index (Phi) is 6.52. The number of piperazine rings is 1. The molecule has 5 nitrogen and oxygen atoms in total. The van der Waals surface area contributed by atoms with Gasteiger partial charge in [0, 0.05) is 12.0 Å². The number of sulfone groups is 1. The van der Waals surface area contributed by atoms with Crippen LogP contribution in [-0.4, -0.2) is 51.2 Å². The average Bonchev–Trinajstić information content (AvgIpc) is 2.69. The number of rotatable bonds is 6. The van der Waals surface area contributed by atoms with Gasteiger partial charge in [0.05, 0.1) is 36.8 Å². The van der Waals surface area contributed by atoms with E-state index in [9.17, 15) is 13.2 Å². The minimum atomic E-state index is -3.42. The average molecular weight is 402 g/mol. The molecule has 6 heteroatoms. The normalized spacial score (nSPS) is 15.6. The van der Waals surface area contributed by atoms with Crippen LogP contribution in [0.5, 0.6) is 0 Å². The van der Waals surface area contributed by atoms with Crippen molar-refractivity contribution in [1.82, 2.24) is 4.90 Å². The summed E-state index contributed by atoms with van der Waals surface area (Å²) in [4.78, 5) is 16.1. The molecular formula is C22H29N2O3S+. The van der Waals surface area contributed by atoms with E-state index in [1.165, 1.54) is 16.0 Å². The monoisotopic (exact) mass is 401 g/mol. The third-order valence-electron chi connectivity index (χ3n) is 5.49. The Labute approximate surface area is 167 Å². The third kappa shape index (κ3) is 5.20. The predicted molar refractivity (Wildman–Crippen MR) is 110 cm³/mol. The van der Waals surface area contributed by atoms with Crippen molar-refractivity contribution in [3.63, 3.8) is 0 Å². The molecule has 0 radical (unpaired) electrons. The van der Waals surface area contributed by atoms with E-state index in [-0.39, 0.29) is 18.1 Å².